The van der Waals surface area contributed by atoms with Gasteiger partial charge < -0.3 is 9.13 Å². The lowest BCUT2D eigenvalue weighted by atomic mass is 9.98. The standard InChI is InChI=1S/C72H50N2Si2/c1-6-23-54(24-7-1)75(55-25-8-2-9-26-55,56-27-10-3-11-28-56)59-45-42-52(43-46-59)73-68-39-20-17-34-62(68)66-50-53(44-48-69(66)73)74-67-38-19-16-33-61(67)63-47-41-51(49-70(63)74)60-36-22-37-65-64-35-18-21-40-71(64)76(72(60)65,57-29-12-4-13-30-57)58-31-14-5-15-32-58/h1-50H. The highest BCUT2D eigenvalue weighted by Gasteiger charge is 2.50. The third-order valence-electron chi connectivity index (χ3n) is 16.6. The van der Waals surface area contributed by atoms with Crippen LogP contribution in [0.3, 0.4) is 0 Å². The van der Waals surface area contributed by atoms with Crippen LogP contribution in [0, 0.1) is 0 Å². The van der Waals surface area contributed by atoms with Crippen molar-refractivity contribution in [2.45, 2.75) is 0 Å². The molecule has 2 nitrogen and oxygen atoms in total. The van der Waals surface area contributed by atoms with Gasteiger partial charge in [-0.2, -0.15) is 0 Å². The van der Waals surface area contributed by atoms with Gasteiger partial charge in [-0.15, -0.1) is 0 Å². The predicted molar refractivity (Wildman–Crippen MR) is 327 cm³/mol. The maximum Gasteiger partial charge on any atom is 0.181 e. The predicted octanol–water partition coefficient (Wildman–Crippen LogP) is 12.3. The fourth-order valence-electron chi connectivity index (χ4n) is 13.5. The molecule has 3 heterocycles. The molecular formula is C72H50N2Si2. The van der Waals surface area contributed by atoms with Crippen LogP contribution in [-0.4, -0.2) is 25.3 Å². The maximum atomic E-state index is 2.51. The minimum absolute atomic E-state index is 1.14. The van der Waals surface area contributed by atoms with Gasteiger partial charge in [-0.3, -0.25) is 0 Å². The van der Waals surface area contributed by atoms with E-state index in [2.05, 4.69) is 312 Å². The molecule has 1 aliphatic rings. The van der Waals surface area contributed by atoms with Gasteiger partial charge in [-0.25, -0.2) is 0 Å². The second-order valence-electron chi connectivity index (χ2n) is 20.3. The van der Waals surface area contributed by atoms with Crippen molar-refractivity contribution in [3.63, 3.8) is 0 Å². The van der Waals surface area contributed by atoms with Gasteiger partial charge in [-0.1, -0.05) is 255 Å². The first-order valence-electron chi connectivity index (χ1n) is 26.4. The normalized spacial score (nSPS) is 12.8. The first-order valence-corrected chi connectivity index (χ1v) is 30.4. The van der Waals surface area contributed by atoms with Crippen LogP contribution >= 0.6 is 0 Å². The molecule has 4 heteroatoms. The smallest absolute Gasteiger partial charge is 0.181 e. The number of aromatic nitrogens is 2. The molecular weight excluding hydrogens is 949 g/mol. The summed E-state index contributed by atoms with van der Waals surface area (Å²) in [7, 11) is -5.47. The van der Waals surface area contributed by atoms with E-state index in [0.29, 0.717) is 0 Å². The average molecular weight is 999 g/mol. The molecule has 76 heavy (non-hydrogen) atoms. The van der Waals surface area contributed by atoms with Crippen molar-refractivity contribution in [3.8, 4) is 33.6 Å². The number of benzene rings is 12. The Balaban J connectivity index is 0.910. The second kappa shape index (κ2) is 17.7. The summed E-state index contributed by atoms with van der Waals surface area (Å²) in [4.78, 5) is 0. The van der Waals surface area contributed by atoms with E-state index >= 15 is 0 Å². The van der Waals surface area contributed by atoms with Crippen LogP contribution in [0.1, 0.15) is 0 Å². The van der Waals surface area contributed by atoms with Gasteiger partial charge in [0, 0.05) is 32.9 Å². The van der Waals surface area contributed by atoms with Gasteiger partial charge in [-0.05, 0) is 112 Å². The molecule has 0 radical (unpaired) electrons. The van der Waals surface area contributed by atoms with Crippen molar-refractivity contribution >= 4 is 101 Å². The van der Waals surface area contributed by atoms with Crippen molar-refractivity contribution in [1.82, 2.24) is 9.13 Å². The lowest BCUT2D eigenvalue weighted by Gasteiger charge is -2.34. The molecule has 15 rings (SSSR count). The Kier molecular flexibility index (Phi) is 10.3. The van der Waals surface area contributed by atoms with Gasteiger partial charge in [0.25, 0.3) is 0 Å². The summed E-state index contributed by atoms with van der Waals surface area (Å²) in [5.74, 6) is 0. The highest BCUT2D eigenvalue weighted by atomic mass is 28.3. The van der Waals surface area contributed by atoms with Crippen LogP contribution < -0.4 is 41.5 Å². The molecule has 1 aliphatic heterocycles. The molecule has 0 unspecified atom stereocenters. The molecule has 2 aromatic heterocycles. The van der Waals surface area contributed by atoms with Crippen LogP contribution in [0.4, 0.5) is 0 Å². The van der Waals surface area contributed by atoms with E-state index in [1.165, 1.54) is 107 Å². The van der Waals surface area contributed by atoms with Crippen LogP contribution in [0.5, 0.6) is 0 Å². The molecule has 0 spiro atoms. The van der Waals surface area contributed by atoms with E-state index in [0.717, 1.165) is 11.4 Å². The third kappa shape index (κ3) is 6.45. The third-order valence-corrected chi connectivity index (χ3v) is 26.3. The monoisotopic (exact) mass is 998 g/mol. The highest BCUT2D eigenvalue weighted by Crippen LogP contribution is 2.40. The fraction of sp³-hybridized carbons (Fsp3) is 0. The molecule has 0 saturated carbocycles. The quantitative estimate of drug-likeness (QED) is 0.101. The zero-order valence-electron chi connectivity index (χ0n) is 41.8. The lowest BCUT2D eigenvalue weighted by Crippen LogP contribution is -2.74. The highest BCUT2D eigenvalue weighted by molar-refractivity contribution is 7.22. The summed E-state index contributed by atoms with van der Waals surface area (Å²) in [6.45, 7) is 0. The second-order valence-corrected chi connectivity index (χ2v) is 27.8. The first-order chi connectivity index (χ1) is 37.7. The molecule has 0 bridgehead atoms. The molecule has 14 aromatic rings. The van der Waals surface area contributed by atoms with Crippen molar-refractivity contribution in [2.75, 3.05) is 0 Å². The van der Waals surface area contributed by atoms with Crippen LogP contribution in [0.2, 0.25) is 0 Å². The summed E-state index contributed by atoms with van der Waals surface area (Å²) >= 11 is 0. The van der Waals surface area contributed by atoms with Gasteiger partial charge in [0.2, 0.25) is 0 Å². The Morgan fingerprint density at radius 1 is 0.263 bits per heavy atom. The Morgan fingerprint density at radius 3 is 1.30 bits per heavy atom. The SMILES string of the molecule is c1ccc([Si](c2ccccc2)(c2ccccc2)c2ccc(-n3c4ccccc4c4cc(-n5c6ccccc6c6ccc(-c7cccc8c7[Si](c7ccccc7)(c7ccccc7)c7ccccc7-8)cc65)ccc43)cc2)cc1. The summed E-state index contributed by atoms with van der Waals surface area (Å²) in [5, 5.41) is 16.1. The Hall–Kier alpha value is -9.33. The molecule has 0 N–H and O–H groups in total. The number of para-hydroxylation sites is 2. The van der Waals surface area contributed by atoms with Crippen LogP contribution in [-0.2, 0) is 0 Å². The largest absolute Gasteiger partial charge is 0.309 e. The molecule has 12 aromatic carbocycles. The molecule has 0 fully saturated rings. The van der Waals surface area contributed by atoms with E-state index in [4.69, 9.17) is 0 Å². The van der Waals surface area contributed by atoms with Crippen LogP contribution in [0.15, 0.2) is 303 Å². The molecule has 356 valence electrons. The summed E-state index contributed by atoms with van der Waals surface area (Å²) in [5.41, 5.74) is 12.3. The molecule has 0 aliphatic carbocycles. The number of hydrogen-bond acceptors (Lipinski definition) is 0. The summed E-state index contributed by atoms with van der Waals surface area (Å²) in [6.07, 6.45) is 0. The Morgan fingerprint density at radius 2 is 0.697 bits per heavy atom. The van der Waals surface area contributed by atoms with E-state index < -0.39 is 16.1 Å². The Bertz CT molecular complexity index is 4350. The van der Waals surface area contributed by atoms with Gasteiger partial charge >= 0.3 is 0 Å². The van der Waals surface area contributed by atoms with E-state index in [1.54, 1.807) is 0 Å². The number of fused-ring (bicyclic) bond motifs is 9. The van der Waals surface area contributed by atoms with Crippen molar-refractivity contribution in [3.05, 3.63) is 303 Å². The topological polar surface area (TPSA) is 9.86 Å². The van der Waals surface area contributed by atoms with Gasteiger partial charge in [0.1, 0.15) is 0 Å². The van der Waals surface area contributed by atoms with Crippen molar-refractivity contribution in [1.29, 1.82) is 0 Å². The summed E-state index contributed by atoms with van der Waals surface area (Å²) < 4.78 is 4.97. The van der Waals surface area contributed by atoms with Gasteiger partial charge in [0.15, 0.2) is 16.1 Å². The zero-order valence-corrected chi connectivity index (χ0v) is 43.8. The van der Waals surface area contributed by atoms with E-state index in [9.17, 15) is 0 Å². The number of rotatable bonds is 9. The lowest BCUT2D eigenvalue weighted by molar-refractivity contribution is 1.17. The molecule has 0 amide bonds. The zero-order chi connectivity index (χ0) is 50.2. The van der Waals surface area contributed by atoms with E-state index in [-0.39, 0.29) is 0 Å². The number of hydrogen-bond donors (Lipinski definition) is 0. The first kappa shape index (κ1) is 44.2. The van der Waals surface area contributed by atoms with E-state index in [1.807, 2.05) is 0 Å². The minimum Gasteiger partial charge on any atom is -0.309 e. The van der Waals surface area contributed by atoms with Crippen molar-refractivity contribution in [2.24, 2.45) is 0 Å². The molecule has 0 saturated heterocycles. The number of nitrogens with zero attached hydrogens (tertiary/aromatic N) is 2. The molecule has 0 atom stereocenters. The maximum absolute atomic E-state index is 2.78. The van der Waals surface area contributed by atoms with Crippen molar-refractivity contribution < 1.29 is 0 Å². The fourth-order valence-corrected chi connectivity index (χ4v) is 23.6. The van der Waals surface area contributed by atoms with Crippen LogP contribution in [0.25, 0.3) is 77.2 Å². The minimum atomic E-state index is -2.78. The van der Waals surface area contributed by atoms with Gasteiger partial charge in [0.05, 0.1) is 22.1 Å². The average Bonchev–Trinajstić information content (AvgIpc) is 4.17. The Labute approximate surface area is 444 Å². The summed E-state index contributed by atoms with van der Waals surface area (Å²) in [6, 6.07) is 114.